The van der Waals surface area contributed by atoms with Crippen LogP contribution in [-0.4, -0.2) is 27.0 Å². The molecule has 3 aromatic carbocycles. The third-order valence-corrected chi connectivity index (χ3v) is 7.20. The first-order chi connectivity index (χ1) is 14.9. The molecule has 0 spiro atoms. The maximum absolute atomic E-state index is 13.1. The number of hydrogen-bond donors (Lipinski definition) is 1. The molecule has 0 aliphatic carbocycles. The van der Waals surface area contributed by atoms with Crippen molar-refractivity contribution in [2.75, 3.05) is 16.2 Å². The van der Waals surface area contributed by atoms with Gasteiger partial charge in [-0.1, -0.05) is 41.9 Å². The quantitative estimate of drug-likeness (QED) is 0.592. The van der Waals surface area contributed by atoms with Crippen molar-refractivity contribution in [1.29, 1.82) is 0 Å². The fourth-order valence-corrected chi connectivity index (χ4v) is 5.11. The number of benzene rings is 3. The lowest BCUT2D eigenvalue weighted by molar-refractivity contribution is -0.122. The molecule has 0 fully saturated rings. The molecule has 1 N–H and O–H groups in total. The van der Waals surface area contributed by atoms with E-state index in [4.69, 9.17) is 16.3 Å². The minimum absolute atomic E-state index is 0.169. The predicted molar refractivity (Wildman–Crippen MR) is 121 cm³/mol. The van der Waals surface area contributed by atoms with Crippen LogP contribution in [0.4, 0.5) is 11.4 Å². The summed E-state index contributed by atoms with van der Waals surface area (Å²) in [6, 6.07) is 20.5. The second-order valence-corrected chi connectivity index (χ2v) is 9.43. The standard InChI is InChI=1S/C23H21ClN2O4S/c1-16(30-22-9-5-3-7-20(22)24)23(27)25-18-10-12-19(13-11-18)31(28,29)26-15-14-17-6-2-4-8-21(17)26/h2-13,16H,14-15H2,1H3,(H,25,27)/t16-/m0/s1. The van der Waals surface area contributed by atoms with Gasteiger partial charge in [0, 0.05) is 12.2 Å². The van der Waals surface area contributed by atoms with Gasteiger partial charge in [0.15, 0.2) is 6.10 Å². The zero-order valence-electron chi connectivity index (χ0n) is 16.8. The zero-order valence-corrected chi connectivity index (χ0v) is 18.4. The number of ether oxygens (including phenoxy) is 1. The molecule has 31 heavy (non-hydrogen) atoms. The van der Waals surface area contributed by atoms with Gasteiger partial charge in [0.25, 0.3) is 15.9 Å². The summed E-state index contributed by atoms with van der Waals surface area (Å²) in [6.07, 6.45) is -0.100. The molecular weight excluding hydrogens is 436 g/mol. The van der Waals surface area contributed by atoms with Crippen LogP contribution in [0.25, 0.3) is 0 Å². The van der Waals surface area contributed by atoms with Gasteiger partial charge in [0.2, 0.25) is 0 Å². The van der Waals surface area contributed by atoms with Crippen molar-refractivity contribution in [2.45, 2.75) is 24.3 Å². The minimum Gasteiger partial charge on any atom is -0.479 e. The second-order valence-electron chi connectivity index (χ2n) is 7.16. The number of para-hydroxylation sites is 2. The van der Waals surface area contributed by atoms with Crippen LogP contribution >= 0.6 is 11.6 Å². The van der Waals surface area contributed by atoms with Crippen molar-refractivity contribution in [3.05, 3.63) is 83.4 Å². The minimum atomic E-state index is -3.68. The molecular formula is C23H21ClN2O4S. The third-order valence-electron chi connectivity index (χ3n) is 5.06. The van der Waals surface area contributed by atoms with Gasteiger partial charge in [0.1, 0.15) is 5.75 Å². The molecule has 160 valence electrons. The second kappa shape index (κ2) is 8.61. The number of carbonyl (C=O) groups excluding carboxylic acids is 1. The van der Waals surface area contributed by atoms with Crippen LogP contribution < -0.4 is 14.4 Å². The van der Waals surface area contributed by atoms with Gasteiger partial charge in [-0.15, -0.1) is 0 Å². The van der Waals surface area contributed by atoms with Crippen molar-refractivity contribution >= 4 is 38.9 Å². The van der Waals surface area contributed by atoms with E-state index in [1.165, 1.54) is 16.4 Å². The van der Waals surface area contributed by atoms with Crippen molar-refractivity contribution in [1.82, 2.24) is 0 Å². The Morgan fingerprint density at radius 1 is 1.03 bits per heavy atom. The molecule has 4 rings (SSSR count). The number of halogens is 1. The Morgan fingerprint density at radius 2 is 1.71 bits per heavy atom. The summed E-state index contributed by atoms with van der Waals surface area (Å²) < 4.78 is 33.2. The Bertz CT molecular complexity index is 1210. The lowest BCUT2D eigenvalue weighted by Gasteiger charge is -2.20. The Labute approximate surface area is 186 Å². The molecule has 1 amide bonds. The molecule has 0 saturated heterocycles. The van der Waals surface area contributed by atoms with Crippen LogP contribution in [0.1, 0.15) is 12.5 Å². The normalized spacial score (nSPS) is 14.1. The number of anilines is 2. The lowest BCUT2D eigenvalue weighted by Crippen LogP contribution is -2.30. The van der Waals surface area contributed by atoms with Crippen molar-refractivity contribution < 1.29 is 17.9 Å². The van der Waals surface area contributed by atoms with Crippen LogP contribution in [-0.2, 0) is 21.2 Å². The predicted octanol–water partition coefficient (Wildman–Crippen LogP) is 4.50. The Morgan fingerprint density at radius 3 is 2.45 bits per heavy atom. The average Bonchev–Trinajstić information content (AvgIpc) is 3.21. The summed E-state index contributed by atoms with van der Waals surface area (Å²) in [5.41, 5.74) is 2.20. The van der Waals surface area contributed by atoms with Crippen LogP contribution in [0.15, 0.2) is 77.7 Å². The smallest absolute Gasteiger partial charge is 0.265 e. The maximum Gasteiger partial charge on any atom is 0.265 e. The van der Waals surface area contributed by atoms with E-state index in [1.54, 1.807) is 43.3 Å². The molecule has 0 aromatic heterocycles. The van der Waals surface area contributed by atoms with Gasteiger partial charge < -0.3 is 10.1 Å². The number of fused-ring (bicyclic) bond motifs is 1. The van der Waals surface area contributed by atoms with Gasteiger partial charge in [-0.05, 0) is 61.4 Å². The molecule has 8 heteroatoms. The van der Waals surface area contributed by atoms with Crippen LogP contribution in [0.2, 0.25) is 5.02 Å². The Hall–Kier alpha value is -3.03. The van der Waals surface area contributed by atoms with E-state index in [9.17, 15) is 13.2 Å². The molecule has 3 aromatic rings. The van der Waals surface area contributed by atoms with Crippen LogP contribution in [0.3, 0.4) is 0 Å². The highest BCUT2D eigenvalue weighted by Crippen LogP contribution is 2.33. The van der Waals surface area contributed by atoms with Crippen molar-refractivity contribution in [2.24, 2.45) is 0 Å². The van der Waals surface area contributed by atoms with Gasteiger partial charge in [-0.3, -0.25) is 9.10 Å². The summed E-state index contributed by atoms with van der Waals surface area (Å²) >= 11 is 6.06. The number of amides is 1. The molecule has 1 aliphatic rings. The molecule has 0 bridgehead atoms. The summed E-state index contributed by atoms with van der Waals surface area (Å²) in [5, 5.41) is 3.15. The first-order valence-corrected chi connectivity index (χ1v) is 11.6. The first kappa shape index (κ1) is 21.2. The fourth-order valence-electron chi connectivity index (χ4n) is 3.42. The highest BCUT2D eigenvalue weighted by atomic mass is 35.5. The number of sulfonamides is 1. The summed E-state index contributed by atoms with van der Waals surface area (Å²) in [5.74, 6) is 0.0446. The van der Waals surface area contributed by atoms with E-state index < -0.39 is 16.1 Å². The van der Waals surface area contributed by atoms with E-state index in [2.05, 4.69) is 5.32 Å². The van der Waals surface area contributed by atoms with Crippen LogP contribution in [0.5, 0.6) is 5.75 Å². The summed E-state index contributed by atoms with van der Waals surface area (Å²) in [6.45, 7) is 2.03. The molecule has 1 aliphatic heterocycles. The highest BCUT2D eigenvalue weighted by Gasteiger charge is 2.30. The maximum atomic E-state index is 13.1. The van der Waals surface area contributed by atoms with Gasteiger partial charge >= 0.3 is 0 Å². The largest absolute Gasteiger partial charge is 0.479 e. The molecule has 1 heterocycles. The topological polar surface area (TPSA) is 75.7 Å². The molecule has 0 radical (unpaired) electrons. The lowest BCUT2D eigenvalue weighted by atomic mass is 10.2. The number of nitrogens with one attached hydrogen (secondary N) is 1. The average molecular weight is 457 g/mol. The number of rotatable bonds is 6. The van der Waals surface area contributed by atoms with E-state index >= 15 is 0 Å². The van der Waals surface area contributed by atoms with Gasteiger partial charge in [-0.25, -0.2) is 8.42 Å². The monoisotopic (exact) mass is 456 g/mol. The van der Waals surface area contributed by atoms with Gasteiger partial charge in [0.05, 0.1) is 15.6 Å². The molecule has 6 nitrogen and oxygen atoms in total. The number of hydrogen-bond acceptors (Lipinski definition) is 4. The Kier molecular flexibility index (Phi) is 5.89. The fraction of sp³-hybridized carbons (Fsp3) is 0.174. The first-order valence-electron chi connectivity index (χ1n) is 9.79. The van der Waals surface area contributed by atoms with Gasteiger partial charge in [-0.2, -0.15) is 0 Å². The Balaban J connectivity index is 1.45. The third kappa shape index (κ3) is 4.38. The van der Waals surface area contributed by atoms with E-state index in [-0.39, 0.29) is 10.8 Å². The van der Waals surface area contributed by atoms with Crippen LogP contribution in [0, 0.1) is 0 Å². The SMILES string of the molecule is C[C@H](Oc1ccccc1Cl)C(=O)Nc1ccc(S(=O)(=O)N2CCc3ccccc32)cc1. The number of nitrogens with zero attached hydrogens (tertiary/aromatic N) is 1. The molecule has 0 unspecified atom stereocenters. The van der Waals surface area contributed by atoms with Crippen molar-refractivity contribution in [3.63, 3.8) is 0 Å². The van der Waals surface area contributed by atoms with E-state index in [0.29, 0.717) is 35.1 Å². The highest BCUT2D eigenvalue weighted by molar-refractivity contribution is 7.92. The summed E-state index contributed by atoms with van der Waals surface area (Å²) in [7, 11) is -3.68. The summed E-state index contributed by atoms with van der Waals surface area (Å²) in [4.78, 5) is 12.6. The van der Waals surface area contributed by atoms with Crippen molar-refractivity contribution in [3.8, 4) is 5.75 Å². The molecule has 1 atom stereocenters. The van der Waals surface area contributed by atoms with E-state index in [1.807, 2.05) is 24.3 Å². The number of carbonyl (C=O) groups is 1. The zero-order chi connectivity index (χ0) is 22.0. The van der Waals surface area contributed by atoms with E-state index in [0.717, 1.165) is 5.56 Å². The molecule has 0 saturated carbocycles.